The molecular formula is C21H31ClN2O2. The Kier molecular flexibility index (Phi) is 9.72. The van der Waals surface area contributed by atoms with E-state index in [2.05, 4.69) is 36.3 Å². The van der Waals surface area contributed by atoms with Crippen molar-refractivity contribution in [1.29, 1.82) is 0 Å². The fourth-order valence-corrected chi connectivity index (χ4v) is 3.40. The minimum atomic E-state index is -1.47. The molecule has 1 fully saturated rings. The molecule has 5 heteroatoms. The molecule has 1 aliphatic rings. The van der Waals surface area contributed by atoms with Crippen LogP contribution in [0.1, 0.15) is 51.5 Å². The quantitative estimate of drug-likeness (QED) is 0.667. The molecule has 0 radical (unpaired) electrons. The molecule has 0 saturated heterocycles. The van der Waals surface area contributed by atoms with Crippen molar-refractivity contribution in [2.45, 2.75) is 57.6 Å². The summed E-state index contributed by atoms with van der Waals surface area (Å²) in [6, 6.07) is 9.70. The fourth-order valence-electron chi connectivity index (χ4n) is 3.40. The van der Waals surface area contributed by atoms with Crippen molar-refractivity contribution in [3.63, 3.8) is 0 Å². The monoisotopic (exact) mass is 378 g/mol. The summed E-state index contributed by atoms with van der Waals surface area (Å²) in [5.74, 6) is 5.55. The third-order valence-corrected chi connectivity index (χ3v) is 4.82. The summed E-state index contributed by atoms with van der Waals surface area (Å²) in [4.78, 5) is 12.9. The van der Waals surface area contributed by atoms with E-state index in [4.69, 9.17) is 0 Å². The molecule has 1 aliphatic carbocycles. The van der Waals surface area contributed by atoms with Gasteiger partial charge in [0.1, 0.15) is 0 Å². The van der Waals surface area contributed by atoms with Gasteiger partial charge in [0, 0.05) is 12.0 Å². The Morgan fingerprint density at radius 1 is 1.15 bits per heavy atom. The highest BCUT2D eigenvalue weighted by Crippen LogP contribution is 2.39. The minimum Gasteiger partial charge on any atom is -0.375 e. The normalized spacial score (nSPS) is 16.8. The molecule has 2 rings (SSSR count). The van der Waals surface area contributed by atoms with Gasteiger partial charge in [-0.3, -0.25) is 4.79 Å². The Bertz CT molecular complexity index is 603. The molecule has 0 spiro atoms. The van der Waals surface area contributed by atoms with Crippen LogP contribution in [-0.2, 0) is 10.4 Å². The molecule has 0 aromatic heterocycles. The van der Waals surface area contributed by atoms with Gasteiger partial charge in [-0.2, -0.15) is 0 Å². The third kappa shape index (κ3) is 6.02. The van der Waals surface area contributed by atoms with Crippen LogP contribution in [0.2, 0.25) is 0 Å². The fraction of sp³-hybridized carbons (Fsp3) is 0.571. The highest BCUT2D eigenvalue weighted by atomic mass is 35.5. The van der Waals surface area contributed by atoms with Crippen LogP contribution in [0.4, 0.5) is 0 Å². The molecule has 1 aromatic carbocycles. The molecule has 144 valence electrons. The zero-order valence-corrected chi connectivity index (χ0v) is 16.6. The molecule has 1 amide bonds. The minimum absolute atomic E-state index is 0. The number of carbonyl (C=O) groups excluding carboxylic acids is 1. The van der Waals surface area contributed by atoms with Crippen LogP contribution in [0.25, 0.3) is 0 Å². The molecular weight excluding hydrogens is 348 g/mol. The summed E-state index contributed by atoms with van der Waals surface area (Å²) < 4.78 is 0. The number of benzene rings is 1. The van der Waals surface area contributed by atoms with Gasteiger partial charge in [0.15, 0.2) is 5.60 Å². The number of aliphatic hydroxyl groups is 1. The van der Waals surface area contributed by atoms with Gasteiger partial charge in [0.25, 0.3) is 5.91 Å². The Morgan fingerprint density at radius 2 is 1.77 bits per heavy atom. The maximum Gasteiger partial charge on any atom is 0.257 e. The molecule has 1 unspecified atom stereocenters. The van der Waals surface area contributed by atoms with Gasteiger partial charge < -0.3 is 15.7 Å². The Labute approximate surface area is 163 Å². The predicted octanol–water partition coefficient (Wildman–Crippen LogP) is 2.99. The van der Waals surface area contributed by atoms with Crippen LogP contribution in [0.15, 0.2) is 30.3 Å². The zero-order chi connectivity index (χ0) is 18.1. The van der Waals surface area contributed by atoms with E-state index in [0.29, 0.717) is 18.2 Å². The number of carbonyl (C=O) groups is 1. The molecule has 0 bridgehead atoms. The topological polar surface area (TPSA) is 61.4 Å². The average Bonchev–Trinajstić information content (AvgIpc) is 2.64. The lowest BCUT2D eigenvalue weighted by Gasteiger charge is -2.37. The summed E-state index contributed by atoms with van der Waals surface area (Å²) in [5.41, 5.74) is -0.798. The van der Waals surface area contributed by atoms with Crippen molar-refractivity contribution >= 4 is 18.3 Å². The Hall–Kier alpha value is -1.54. The van der Waals surface area contributed by atoms with E-state index >= 15 is 0 Å². The first-order valence-corrected chi connectivity index (χ1v) is 9.30. The van der Waals surface area contributed by atoms with Crippen molar-refractivity contribution in [2.75, 3.05) is 13.1 Å². The molecule has 4 nitrogen and oxygen atoms in total. The van der Waals surface area contributed by atoms with Crippen LogP contribution in [0.5, 0.6) is 0 Å². The summed E-state index contributed by atoms with van der Waals surface area (Å²) in [5, 5.41) is 17.4. The number of nitrogens with one attached hydrogen (secondary N) is 2. The lowest BCUT2D eigenvalue weighted by Crippen LogP contribution is -2.50. The maximum absolute atomic E-state index is 12.9. The van der Waals surface area contributed by atoms with E-state index in [-0.39, 0.29) is 30.8 Å². The van der Waals surface area contributed by atoms with E-state index < -0.39 is 5.60 Å². The highest BCUT2D eigenvalue weighted by Gasteiger charge is 2.45. The summed E-state index contributed by atoms with van der Waals surface area (Å²) >= 11 is 0. The first-order chi connectivity index (χ1) is 12.0. The summed E-state index contributed by atoms with van der Waals surface area (Å²) in [6.07, 6.45) is 5.06. The van der Waals surface area contributed by atoms with E-state index in [1.807, 2.05) is 30.3 Å². The molecule has 0 heterocycles. The standard InChI is InChI=1S/C21H30N2O2.ClH/c1-17(2)22-15-9-10-16-23-20(24)21(25,18-11-5-3-6-12-18)19-13-7-4-8-14-19;/h3,5-6,11-12,17,19,22,25H,4,7-8,13-16H2,1-2H3,(H,23,24);1H. The second-order valence-electron chi connectivity index (χ2n) is 7.04. The Balaban J connectivity index is 0.00000338. The van der Waals surface area contributed by atoms with Crippen LogP contribution in [0, 0.1) is 17.8 Å². The van der Waals surface area contributed by atoms with Gasteiger partial charge in [-0.15, -0.1) is 12.4 Å². The van der Waals surface area contributed by atoms with E-state index in [1.54, 1.807) is 0 Å². The largest absolute Gasteiger partial charge is 0.375 e. The smallest absolute Gasteiger partial charge is 0.257 e. The molecule has 26 heavy (non-hydrogen) atoms. The number of hydrogen-bond acceptors (Lipinski definition) is 3. The Morgan fingerprint density at radius 3 is 2.38 bits per heavy atom. The van der Waals surface area contributed by atoms with Crippen molar-refractivity contribution < 1.29 is 9.90 Å². The van der Waals surface area contributed by atoms with Gasteiger partial charge in [-0.25, -0.2) is 0 Å². The zero-order valence-electron chi connectivity index (χ0n) is 15.8. The second kappa shape index (κ2) is 11.2. The van der Waals surface area contributed by atoms with Crippen molar-refractivity contribution in [2.24, 2.45) is 5.92 Å². The molecule has 1 saturated carbocycles. The predicted molar refractivity (Wildman–Crippen MR) is 108 cm³/mol. The number of rotatable bonds is 6. The van der Waals surface area contributed by atoms with Crippen LogP contribution in [0.3, 0.4) is 0 Å². The van der Waals surface area contributed by atoms with Gasteiger partial charge in [-0.1, -0.05) is 61.4 Å². The van der Waals surface area contributed by atoms with E-state index in [1.165, 1.54) is 6.42 Å². The van der Waals surface area contributed by atoms with Gasteiger partial charge >= 0.3 is 0 Å². The average molecular weight is 379 g/mol. The number of hydrogen-bond donors (Lipinski definition) is 3. The van der Waals surface area contributed by atoms with E-state index in [0.717, 1.165) is 25.7 Å². The van der Waals surface area contributed by atoms with Gasteiger partial charge in [0.2, 0.25) is 0 Å². The van der Waals surface area contributed by atoms with Crippen LogP contribution in [-0.4, -0.2) is 30.1 Å². The summed E-state index contributed by atoms with van der Waals surface area (Å²) in [6.45, 7) is 4.97. The highest BCUT2D eigenvalue weighted by molar-refractivity contribution is 5.87. The van der Waals surface area contributed by atoms with Crippen molar-refractivity contribution in [3.8, 4) is 11.8 Å². The van der Waals surface area contributed by atoms with Gasteiger partial charge in [-0.05, 0) is 32.3 Å². The lowest BCUT2D eigenvalue weighted by molar-refractivity contribution is -0.149. The van der Waals surface area contributed by atoms with Crippen molar-refractivity contribution in [3.05, 3.63) is 35.9 Å². The first-order valence-electron chi connectivity index (χ1n) is 9.30. The number of amides is 1. The first kappa shape index (κ1) is 22.5. The molecule has 3 N–H and O–H groups in total. The summed E-state index contributed by atoms with van der Waals surface area (Å²) in [7, 11) is 0. The SMILES string of the molecule is CC(C)NCC#CCNC(=O)C(O)(c1ccccc1)C1CCCCC1.Cl. The molecule has 1 atom stereocenters. The molecule has 0 aliphatic heterocycles. The van der Waals surface area contributed by atoms with Crippen LogP contribution >= 0.6 is 12.4 Å². The van der Waals surface area contributed by atoms with Gasteiger partial charge in [0.05, 0.1) is 13.1 Å². The second-order valence-corrected chi connectivity index (χ2v) is 7.04. The molecule has 1 aromatic rings. The lowest BCUT2D eigenvalue weighted by atomic mass is 9.73. The number of halogens is 1. The van der Waals surface area contributed by atoms with E-state index in [9.17, 15) is 9.90 Å². The van der Waals surface area contributed by atoms with Crippen molar-refractivity contribution in [1.82, 2.24) is 10.6 Å². The third-order valence-electron chi connectivity index (χ3n) is 4.82. The van der Waals surface area contributed by atoms with Crippen LogP contribution < -0.4 is 10.6 Å². The maximum atomic E-state index is 12.9.